The van der Waals surface area contributed by atoms with Gasteiger partial charge in [0.05, 0.1) is 6.20 Å². The van der Waals surface area contributed by atoms with E-state index in [4.69, 9.17) is 5.11 Å². The van der Waals surface area contributed by atoms with Crippen LogP contribution < -0.4 is 0 Å². The molecule has 0 aliphatic heterocycles. The highest BCUT2D eigenvalue weighted by molar-refractivity contribution is 9.10. The largest absolute Gasteiger partial charge is 0.475 e. The highest BCUT2D eigenvalue weighted by Gasteiger charge is 2.31. The number of rotatable bonds is 2. The topological polar surface area (TPSA) is 55.1 Å². The lowest BCUT2D eigenvalue weighted by Gasteiger charge is -2.09. The minimum atomic E-state index is -4.48. The van der Waals surface area contributed by atoms with Crippen molar-refractivity contribution < 1.29 is 23.1 Å². The van der Waals surface area contributed by atoms with Gasteiger partial charge in [-0.25, -0.2) is 9.78 Å². The summed E-state index contributed by atoms with van der Waals surface area (Å²) in [5, 5.41) is 8.50. The maximum Gasteiger partial charge on any atom is 0.406 e. The van der Waals surface area contributed by atoms with Gasteiger partial charge in [0.2, 0.25) is 5.82 Å². The lowest BCUT2D eigenvalue weighted by atomic mass is 10.5. The molecule has 0 atom stereocenters. The van der Waals surface area contributed by atoms with E-state index in [1.165, 1.54) is 0 Å². The first-order chi connectivity index (χ1) is 6.31. The first-order valence-corrected chi connectivity index (χ1v) is 4.11. The second-order valence-corrected chi connectivity index (χ2v) is 3.22. The van der Waals surface area contributed by atoms with E-state index in [-0.39, 0.29) is 4.60 Å². The molecular weight excluding hydrogens is 269 g/mol. The molecule has 78 valence electrons. The zero-order chi connectivity index (χ0) is 10.9. The average molecular weight is 273 g/mol. The van der Waals surface area contributed by atoms with Crippen LogP contribution in [0.15, 0.2) is 10.8 Å². The highest BCUT2D eigenvalue weighted by Crippen LogP contribution is 2.22. The SMILES string of the molecule is O=C(O)c1ncc(Br)n1CC(F)(F)F. The van der Waals surface area contributed by atoms with E-state index >= 15 is 0 Å². The number of halogens is 4. The fraction of sp³-hybridized carbons (Fsp3) is 0.333. The van der Waals surface area contributed by atoms with Crippen molar-refractivity contribution in [1.82, 2.24) is 9.55 Å². The zero-order valence-corrected chi connectivity index (χ0v) is 8.13. The van der Waals surface area contributed by atoms with Crippen LogP contribution in [0.3, 0.4) is 0 Å². The van der Waals surface area contributed by atoms with Gasteiger partial charge in [-0.15, -0.1) is 0 Å². The van der Waals surface area contributed by atoms with Gasteiger partial charge in [0, 0.05) is 0 Å². The Labute approximate surface area is 84.5 Å². The molecular formula is C6H4BrF3N2O2. The van der Waals surface area contributed by atoms with Gasteiger partial charge in [0.15, 0.2) is 0 Å². The van der Waals surface area contributed by atoms with E-state index in [9.17, 15) is 18.0 Å². The van der Waals surface area contributed by atoms with Crippen LogP contribution in [0.4, 0.5) is 13.2 Å². The van der Waals surface area contributed by atoms with Gasteiger partial charge >= 0.3 is 12.1 Å². The summed E-state index contributed by atoms with van der Waals surface area (Å²) in [6.45, 7) is -1.38. The van der Waals surface area contributed by atoms with Crippen molar-refractivity contribution in [2.24, 2.45) is 0 Å². The number of aromatic nitrogens is 2. The molecule has 0 radical (unpaired) electrons. The van der Waals surface area contributed by atoms with Gasteiger partial charge in [0.1, 0.15) is 11.1 Å². The van der Waals surface area contributed by atoms with Crippen molar-refractivity contribution in [1.29, 1.82) is 0 Å². The normalized spacial score (nSPS) is 11.7. The lowest BCUT2D eigenvalue weighted by molar-refractivity contribution is -0.141. The van der Waals surface area contributed by atoms with Crippen molar-refractivity contribution in [2.75, 3.05) is 0 Å². The first-order valence-electron chi connectivity index (χ1n) is 3.32. The van der Waals surface area contributed by atoms with Gasteiger partial charge in [0.25, 0.3) is 0 Å². The third kappa shape index (κ3) is 2.47. The molecule has 4 nitrogen and oxygen atoms in total. The van der Waals surface area contributed by atoms with Crippen LogP contribution in [0.5, 0.6) is 0 Å². The molecule has 0 aliphatic carbocycles. The summed E-state index contributed by atoms with van der Waals surface area (Å²) in [4.78, 5) is 13.8. The van der Waals surface area contributed by atoms with E-state index in [1.807, 2.05) is 0 Å². The highest BCUT2D eigenvalue weighted by atomic mass is 79.9. The average Bonchev–Trinajstić information content (AvgIpc) is 2.29. The predicted molar refractivity (Wildman–Crippen MR) is 42.9 cm³/mol. The number of aromatic carboxylic acids is 1. The molecule has 0 amide bonds. The van der Waals surface area contributed by atoms with Crippen LogP contribution in [0.1, 0.15) is 10.6 Å². The van der Waals surface area contributed by atoms with Crippen LogP contribution in [-0.2, 0) is 6.54 Å². The second-order valence-electron chi connectivity index (χ2n) is 2.41. The predicted octanol–water partition coefficient (Wildman–Crippen LogP) is 1.91. The van der Waals surface area contributed by atoms with Crippen molar-refractivity contribution in [3.8, 4) is 0 Å². The molecule has 0 saturated carbocycles. The summed E-state index contributed by atoms with van der Waals surface area (Å²) in [7, 11) is 0. The summed E-state index contributed by atoms with van der Waals surface area (Å²) < 4.78 is 36.4. The molecule has 0 bridgehead atoms. The Bertz CT molecular complexity index is 360. The fourth-order valence-corrected chi connectivity index (χ4v) is 1.25. The van der Waals surface area contributed by atoms with Crippen LogP contribution in [0, 0.1) is 0 Å². The molecule has 0 aromatic carbocycles. The fourth-order valence-electron chi connectivity index (χ4n) is 0.855. The summed E-state index contributed by atoms with van der Waals surface area (Å²) in [5.74, 6) is -2.14. The number of carbonyl (C=O) groups is 1. The Morgan fingerprint density at radius 3 is 2.64 bits per heavy atom. The molecule has 14 heavy (non-hydrogen) atoms. The van der Waals surface area contributed by atoms with Crippen LogP contribution in [-0.4, -0.2) is 26.8 Å². The smallest absolute Gasteiger partial charge is 0.406 e. The maximum atomic E-state index is 12.0. The Hall–Kier alpha value is -1.05. The van der Waals surface area contributed by atoms with E-state index in [0.29, 0.717) is 4.57 Å². The lowest BCUT2D eigenvalue weighted by Crippen LogP contribution is -2.21. The summed E-state index contributed by atoms with van der Waals surface area (Å²) >= 11 is 2.78. The van der Waals surface area contributed by atoms with Crippen molar-refractivity contribution >= 4 is 21.9 Å². The van der Waals surface area contributed by atoms with Gasteiger partial charge in [-0.1, -0.05) is 0 Å². The third-order valence-corrected chi connectivity index (χ3v) is 1.97. The van der Waals surface area contributed by atoms with E-state index < -0.39 is 24.5 Å². The first kappa shape index (κ1) is 11.0. The Kier molecular flexibility index (Phi) is 2.84. The van der Waals surface area contributed by atoms with Gasteiger partial charge < -0.3 is 9.67 Å². The number of alkyl halides is 3. The molecule has 0 saturated heterocycles. The van der Waals surface area contributed by atoms with Crippen LogP contribution in [0.2, 0.25) is 0 Å². The minimum Gasteiger partial charge on any atom is -0.475 e. The molecule has 0 unspecified atom stereocenters. The Morgan fingerprint density at radius 2 is 2.21 bits per heavy atom. The minimum absolute atomic E-state index is 0.0211. The number of hydrogen-bond acceptors (Lipinski definition) is 2. The molecule has 1 aromatic heterocycles. The van der Waals surface area contributed by atoms with Crippen LogP contribution in [0.25, 0.3) is 0 Å². The zero-order valence-electron chi connectivity index (χ0n) is 6.55. The van der Waals surface area contributed by atoms with Gasteiger partial charge in [-0.3, -0.25) is 0 Å². The number of carboxylic acids is 1. The third-order valence-electron chi connectivity index (χ3n) is 1.34. The van der Waals surface area contributed by atoms with Gasteiger partial charge in [-0.05, 0) is 15.9 Å². The number of imidazole rings is 1. The van der Waals surface area contributed by atoms with Crippen LogP contribution >= 0.6 is 15.9 Å². The van der Waals surface area contributed by atoms with Crippen molar-refractivity contribution in [2.45, 2.75) is 12.7 Å². The molecule has 0 aliphatic rings. The summed E-state index contributed by atoms with van der Waals surface area (Å²) in [5.41, 5.74) is 0. The van der Waals surface area contributed by atoms with E-state index in [1.54, 1.807) is 0 Å². The monoisotopic (exact) mass is 272 g/mol. The molecule has 1 N–H and O–H groups in total. The maximum absolute atomic E-state index is 12.0. The molecule has 8 heteroatoms. The molecule has 1 heterocycles. The quantitative estimate of drug-likeness (QED) is 0.895. The standard InChI is InChI=1S/C6H4BrF3N2O2/c7-3-1-11-4(5(13)14)12(3)2-6(8,9)10/h1H,2H2,(H,13,14). The number of carboxylic acid groups (broad SMARTS) is 1. The molecule has 1 rings (SSSR count). The van der Waals surface area contributed by atoms with Crippen molar-refractivity contribution in [3.05, 3.63) is 16.6 Å². The van der Waals surface area contributed by atoms with Gasteiger partial charge in [-0.2, -0.15) is 13.2 Å². The van der Waals surface area contributed by atoms with Crippen molar-refractivity contribution in [3.63, 3.8) is 0 Å². The summed E-state index contributed by atoms with van der Waals surface area (Å²) in [6, 6.07) is 0. The summed E-state index contributed by atoms with van der Waals surface area (Å²) in [6.07, 6.45) is -3.47. The number of nitrogens with zero attached hydrogens (tertiary/aromatic N) is 2. The molecule has 1 aromatic rings. The Morgan fingerprint density at radius 1 is 1.64 bits per heavy atom. The van der Waals surface area contributed by atoms with E-state index in [0.717, 1.165) is 6.20 Å². The second kappa shape index (κ2) is 3.60. The number of hydrogen-bond donors (Lipinski definition) is 1. The molecule has 0 fully saturated rings. The molecule has 0 spiro atoms. The Balaban J connectivity index is 3.06. The van der Waals surface area contributed by atoms with E-state index in [2.05, 4.69) is 20.9 Å².